The first-order chi connectivity index (χ1) is 20.0. The summed E-state index contributed by atoms with van der Waals surface area (Å²) in [7, 11) is 0. The predicted molar refractivity (Wildman–Crippen MR) is 164 cm³/mol. The highest BCUT2D eigenvalue weighted by Crippen LogP contribution is 2.35. The number of alkyl halides is 3. The van der Waals surface area contributed by atoms with Crippen LogP contribution in [0.4, 0.5) is 24.8 Å². The molecule has 4 aromatic rings. The molecule has 0 aliphatic carbocycles. The van der Waals surface area contributed by atoms with Crippen LogP contribution in [0.3, 0.4) is 0 Å². The van der Waals surface area contributed by atoms with Gasteiger partial charge in [-0.2, -0.15) is 13.2 Å². The Labute approximate surface area is 245 Å². The van der Waals surface area contributed by atoms with E-state index in [0.717, 1.165) is 66.1 Å². The van der Waals surface area contributed by atoms with E-state index in [1.54, 1.807) is 18.3 Å². The van der Waals surface area contributed by atoms with Crippen LogP contribution in [0, 0.1) is 13.8 Å². The third-order valence-electron chi connectivity index (χ3n) is 7.66. The molecule has 1 atom stereocenters. The molecular weight excluding hydrogens is 539 g/mol. The monoisotopic (exact) mass is 577 g/mol. The number of rotatable bonds is 11. The fourth-order valence-electron chi connectivity index (χ4n) is 5.07. The first-order valence-corrected chi connectivity index (χ1v) is 14.3. The molecule has 0 spiro atoms. The van der Waals surface area contributed by atoms with Gasteiger partial charge in [0.15, 0.2) is 0 Å². The molecule has 0 aliphatic heterocycles. The summed E-state index contributed by atoms with van der Waals surface area (Å²) < 4.78 is 40.0. The highest BCUT2D eigenvalue weighted by atomic mass is 19.4. The zero-order valence-electron chi connectivity index (χ0n) is 24.8. The highest BCUT2D eigenvalue weighted by Gasteiger charge is 2.33. The van der Waals surface area contributed by atoms with E-state index < -0.39 is 17.6 Å². The molecule has 0 saturated carbocycles. The number of aromatic nitrogens is 2. The van der Waals surface area contributed by atoms with Crippen molar-refractivity contribution in [3.05, 3.63) is 83.0 Å². The fourth-order valence-corrected chi connectivity index (χ4v) is 5.07. The molecule has 2 N–H and O–H groups in total. The Bertz CT molecular complexity index is 1550. The van der Waals surface area contributed by atoms with Crippen LogP contribution in [0.15, 0.2) is 60.8 Å². The Kier molecular flexibility index (Phi) is 9.83. The number of hydrogen-bond donors (Lipinski definition) is 2. The van der Waals surface area contributed by atoms with Gasteiger partial charge in [-0.25, -0.2) is 9.97 Å². The number of benzene rings is 3. The number of nitrogens with one attached hydrogen (secondary N) is 2. The summed E-state index contributed by atoms with van der Waals surface area (Å²) in [6.07, 6.45) is -0.586. The number of carbonyl (C=O) groups excluding carboxylic acids is 1. The van der Waals surface area contributed by atoms with E-state index in [0.29, 0.717) is 11.5 Å². The van der Waals surface area contributed by atoms with Crippen molar-refractivity contribution in [1.82, 2.24) is 14.9 Å². The van der Waals surface area contributed by atoms with Crippen molar-refractivity contribution in [2.75, 3.05) is 30.3 Å². The summed E-state index contributed by atoms with van der Waals surface area (Å²) in [6, 6.07) is 15.1. The van der Waals surface area contributed by atoms with Gasteiger partial charge in [0.1, 0.15) is 0 Å². The lowest BCUT2D eigenvalue weighted by Gasteiger charge is -2.19. The smallest absolute Gasteiger partial charge is 0.352 e. The zero-order chi connectivity index (χ0) is 30.4. The first kappa shape index (κ1) is 31.0. The van der Waals surface area contributed by atoms with Gasteiger partial charge in [-0.1, -0.05) is 32.0 Å². The number of aryl methyl sites for hydroxylation is 1. The number of carbonyl (C=O) groups is 1. The van der Waals surface area contributed by atoms with E-state index in [9.17, 15) is 18.0 Å². The molecule has 3 aromatic carbocycles. The molecule has 6 nitrogen and oxygen atoms in total. The van der Waals surface area contributed by atoms with Gasteiger partial charge < -0.3 is 15.5 Å². The molecule has 0 fully saturated rings. The Hall–Kier alpha value is -3.98. The molecule has 42 heavy (non-hydrogen) atoms. The third-order valence-corrected chi connectivity index (χ3v) is 7.66. The molecule has 222 valence electrons. The average molecular weight is 578 g/mol. The molecule has 1 amide bonds. The minimum atomic E-state index is -4.50. The standard InChI is InChI=1S/C33H38F3N5O/c1-6-41(7-2)17-9-10-22(4)38-32-37-20-26-18-24(15-16-30(26)40-32)27-19-25(14-13-21(27)3)31(42)39-29-12-8-11-28(23(29)5)33(34,35)36/h8,11-16,18-20,22H,6-7,9-10,17H2,1-5H3,(H,39,42)(H,37,38,40)/t22-/m1/s1. The van der Waals surface area contributed by atoms with Crippen LogP contribution in [0.25, 0.3) is 22.0 Å². The number of fused-ring (bicyclic) bond motifs is 1. The molecule has 0 saturated heterocycles. The Morgan fingerprint density at radius 3 is 2.50 bits per heavy atom. The van der Waals surface area contributed by atoms with Crippen LogP contribution in [0.1, 0.15) is 60.7 Å². The number of halogens is 3. The molecule has 0 bridgehead atoms. The van der Waals surface area contributed by atoms with Gasteiger partial charge in [0.25, 0.3) is 5.91 Å². The lowest BCUT2D eigenvalue weighted by Crippen LogP contribution is -2.25. The van der Waals surface area contributed by atoms with E-state index in [2.05, 4.69) is 41.3 Å². The van der Waals surface area contributed by atoms with Crippen LogP contribution < -0.4 is 10.6 Å². The van der Waals surface area contributed by atoms with Gasteiger partial charge in [0.05, 0.1) is 11.1 Å². The minimum absolute atomic E-state index is 0.0249. The van der Waals surface area contributed by atoms with Gasteiger partial charge in [-0.15, -0.1) is 0 Å². The van der Waals surface area contributed by atoms with Crippen molar-refractivity contribution < 1.29 is 18.0 Å². The van der Waals surface area contributed by atoms with Crippen LogP contribution in [-0.4, -0.2) is 46.5 Å². The van der Waals surface area contributed by atoms with E-state index in [4.69, 9.17) is 4.98 Å². The van der Waals surface area contributed by atoms with Gasteiger partial charge in [-0.3, -0.25) is 4.79 Å². The van der Waals surface area contributed by atoms with E-state index in [1.165, 1.54) is 19.1 Å². The zero-order valence-corrected chi connectivity index (χ0v) is 24.8. The number of amides is 1. The molecule has 0 aliphatic rings. The van der Waals surface area contributed by atoms with Gasteiger partial charge in [-0.05, 0) is 112 Å². The predicted octanol–water partition coefficient (Wildman–Crippen LogP) is 8.11. The van der Waals surface area contributed by atoms with Crippen LogP contribution in [-0.2, 0) is 6.18 Å². The highest BCUT2D eigenvalue weighted by molar-refractivity contribution is 6.05. The molecule has 0 unspecified atom stereocenters. The van der Waals surface area contributed by atoms with E-state index in [1.807, 2.05) is 31.2 Å². The number of hydrogen-bond acceptors (Lipinski definition) is 5. The molecular formula is C33H38F3N5O. The Morgan fingerprint density at radius 1 is 1.02 bits per heavy atom. The second kappa shape index (κ2) is 13.3. The Balaban J connectivity index is 1.49. The molecule has 9 heteroatoms. The minimum Gasteiger partial charge on any atom is -0.352 e. The van der Waals surface area contributed by atoms with Gasteiger partial charge in [0, 0.05) is 28.9 Å². The second-order valence-corrected chi connectivity index (χ2v) is 10.6. The fraction of sp³-hybridized carbons (Fsp3) is 0.364. The maximum Gasteiger partial charge on any atom is 0.416 e. The lowest BCUT2D eigenvalue weighted by atomic mass is 9.96. The van der Waals surface area contributed by atoms with Crippen molar-refractivity contribution in [3.63, 3.8) is 0 Å². The van der Waals surface area contributed by atoms with Crippen LogP contribution in [0.2, 0.25) is 0 Å². The summed E-state index contributed by atoms with van der Waals surface area (Å²) in [5, 5.41) is 6.91. The van der Waals surface area contributed by atoms with Crippen molar-refractivity contribution in [2.24, 2.45) is 0 Å². The van der Waals surface area contributed by atoms with E-state index in [-0.39, 0.29) is 17.3 Å². The molecule has 1 aromatic heterocycles. The summed E-state index contributed by atoms with van der Waals surface area (Å²) >= 11 is 0. The number of anilines is 2. The molecule has 0 radical (unpaired) electrons. The molecule has 1 heterocycles. The lowest BCUT2D eigenvalue weighted by molar-refractivity contribution is -0.138. The van der Waals surface area contributed by atoms with Gasteiger partial charge in [0.2, 0.25) is 5.95 Å². The normalized spacial score (nSPS) is 12.5. The summed E-state index contributed by atoms with van der Waals surface area (Å²) in [5.74, 6) is 0.107. The van der Waals surface area contributed by atoms with Crippen molar-refractivity contribution in [1.29, 1.82) is 0 Å². The van der Waals surface area contributed by atoms with Crippen molar-refractivity contribution in [2.45, 2.75) is 59.7 Å². The maximum atomic E-state index is 13.3. The van der Waals surface area contributed by atoms with Gasteiger partial charge >= 0.3 is 6.18 Å². The van der Waals surface area contributed by atoms with E-state index >= 15 is 0 Å². The summed E-state index contributed by atoms with van der Waals surface area (Å²) in [4.78, 5) is 24.7. The second-order valence-electron chi connectivity index (χ2n) is 10.6. The summed E-state index contributed by atoms with van der Waals surface area (Å²) in [6.45, 7) is 13.0. The SMILES string of the molecule is CCN(CC)CCC[C@@H](C)Nc1ncc2cc(-c3cc(C(=O)Nc4cccc(C(F)(F)F)c4C)ccc3C)ccc2n1. The third kappa shape index (κ3) is 7.45. The largest absolute Gasteiger partial charge is 0.416 e. The Morgan fingerprint density at radius 2 is 1.79 bits per heavy atom. The maximum absolute atomic E-state index is 13.3. The summed E-state index contributed by atoms with van der Waals surface area (Å²) in [5.41, 5.74) is 3.17. The van der Waals surface area contributed by atoms with Crippen molar-refractivity contribution >= 4 is 28.4 Å². The molecule has 4 rings (SSSR count). The van der Waals surface area contributed by atoms with Crippen LogP contribution >= 0.6 is 0 Å². The van der Waals surface area contributed by atoms with Crippen molar-refractivity contribution in [3.8, 4) is 11.1 Å². The number of nitrogens with zero attached hydrogens (tertiary/aromatic N) is 3. The first-order valence-electron chi connectivity index (χ1n) is 14.3. The topological polar surface area (TPSA) is 70.2 Å². The average Bonchev–Trinajstić information content (AvgIpc) is 2.95. The van der Waals surface area contributed by atoms with Crippen LogP contribution in [0.5, 0.6) is 0 Å². The quantitative estimate of drug-likeness (QED) is 0.188.